The van der Waals surface area contributed by atoms with Crippen LogP contribution in [-0.4, -0.2) is 35.0 Å². The van der Waals surface area contributed by atoms with E-state index in [2.05, 4.69) is 5.10 Å². The molecule has 1 heterocycles. The molecule has 0 saturated heterocycles. The molecule has 0 aromatic heterocycles. The molecular formula is C27H25N3O4. The van der Waals surface area contributed by atoms with Gasteiger partial charge in [0.05, 0.1) is 5.69 Å². The van der Waals surface area contributed by atoms with Crippen LogP contribution in [0.25, 0.3) is 0 Å². The molecular weight excluding hydrogens is 430 g/mol. The summed E-state index contributed by atoms with van der Waals surface area (Å²) in [6.07, 6.45) is 0.317. The summed E-state index contributed by atoms with van der Waals surface area (Å²) in [6.45, 7) is 0.378. The first-order valence-electron chi connectivity index (χ1n) is 11.1. The summed E-state index contributed by atoms with van der Waals surface area (Å²) in [4.78, 5) is 39.6. The quantitative estimate of drug-likeness (QED) is 0.482. The highest BCUT2D eigenvalue weighted by Gasteiger charge is 2.27. The summed E-state index contributed by atoms with van der Waals surface area (Å²) in [6, 6.07) is 28.2. The lowest BCUT2D eigenvalue weighted by atomic mass is 10.1. The average Bonchev–Trinajstić information content (AvgIpc) is 2.88. The number of para-hydroxylation sites is 1. The Hall–Kier alpha value is -4.26. The molecule has 0 spiro atoms. The largest absolute Gasteiger partial charge is 0.451 e. The van der Waals surface area contributed by atoms with Gasteiger partial charge in [0.15, 0.2) is 6.61 Å². The Balaban J connectivity index is 1.43. The van der Waals surface area contributed by atoms with Gasteiger partial charge < -0.3 is 9.64 Å². The zero-order valence-electron chi connectivity index (χ0n) is 18.7. The Morgan fingerprint density at radius 2 is 1.32 bits per heavy atom. The van der Waals surface area contributed by atoms with Crippen LogP contribution in [0.2, 0.25) is 0 Å². The highest BCUT2D eigenvalue weighted by Crippen LogP contribution is 2.20. The SMILES string of the molecule is O=C(OCC(=O)N(Cc1ccccc1)Cc1ccccc1)C1=NN(c2ccccc2)C(=O)CC1. The number of esters is 1. The summed E-state index contributed by atoms with van der Waals surface area (Å²) >= 11 is 0. The van der Waals surface area contributed by atoms with Crippen molar-refractivity contribution >= 4 is 29.2 Å². The molecule has 0 unspecified atom stereocenters. The van der Waals surface area contributed by atoms with Crippen LogP contribution in [0.15, 0.2) is 96.1 Å². The maximum absolute atomic E-state index is 13.0. The van der Waals surface area contributed by atoms with Crippen LogP contribution < -0.4 is 5.01 Å². The van der Waals surface area contributed by atoms with E-state index in [0.29, 0.717) is 18.8 Å². The molecule has 4 rings (SSSR count). The number of carbonyl (C=O) groups is 3. The van der Waals surface area contributed by atoms with Crippen LogP contribution >= 0.6 is 0 Å². The highest BCUT2D eigenvalue weighted by molar-refractivity contribution is 6.38. The molecule has 34 heavy (non-hydrogen) atoms. The van der Waals surface area contributed by atoms with Crippen molar-refractivity contribution in [1.29, 1.82) is 0 Å². The van der Waals surface area contributed by atoms with Crippen molar-refractivity contribution in [3.8, 4) is 0 Å². The van der Waals surface area contributed by atoms with Crippen LogP contribution in [0, 0.1) is 0 Å². The second kappa shape index (κ2) is 11.0. The Labute approximate surface area is 198 Å². The number of hydrogen-bond acceptors (Lipinski definition) is 5. The summed E-state index contributed by atoms with van der Waals surface area (Å²) in [7, 11) is 0. The second-order valence-corrected chi connectivity index (χ2v) is 7.88. The number of carbonyl (C=O) groups excluding carboxylic acids is 3. The summed E-state index contributed by atoms with van der Waals surface area (Å²) < 4.78 is 5.32. The van der Waals surface area contributed by atoms with Crippen molar-refractivity contribution in [2.45, 2.75) is 25.9 Å². The molecule has 3 aromatic carbocycles. The van der Waals surface area contributed by atoms with Gasteiger partial charge in [-0.15, -0.1) is 0 Å². The first kappa shape index (κ1) is 22.9. The van der Waals surface area contributed by atoms with E-state index in [1.165, 1.54) is 5.01 Å². The number of benzene rings is 3. The van der Waals surface area contributed by atoms with Crippen molar-refractivity contribution in [1.82, 2.24) is 4.90 Å². The first-order chi connectivity index (χ1) is 16.6. The van der Waals surface area contributed by atoms with Crippen LogP contribution in [-0.2, 0) is 32.2 Å². The lowest BCUT2D eigenvalue weighted by molar-refractivity contribution is -0.147. The molecule has 7 nitrogen and oxygen atoms in total. The third-order valence-electron chi connectivity index (χ3n) is 5.38. The fourth-order valence-electron chi connectivity index (χ4n) is 3.61. The Morgan fingerprint density at radius 1 is 0.794 bits per heavy atom. The molecule has 2 amide bonds. The van der Waals surface area contributed by atoms with Gasteiger partial charge in [-0.25, -0.2) is 9.80 Å². The zero-order valence-corrected chi connectivity index (χ0v) is 18.7. The number of anilines is 1. The lowest BCUT2D eigenvalue weighted by Crippen LogP contribution is -2.37. The molecule has 1 aliphatic rings. The fourth-order valence-corrected chi connectivity index (χ4v) is 3.61. The van der Waals surface area contributed by atoms with Crippen LogP contribution in [0.1, 0.15) is 24.0 Å². The van der Waals surface area contributed by atoms with Gasteiger partial charge in [0, 0.05) is 25.9 Å². The molecule has 0 fully saturated rings. The number of ether oxygens (including phenoxy) is 1. The Kier molecular flexibility index (Phi) is 7.45. The van der Waals surface area contributed by atoms with Crippen molar-refractivity contribution in [3.63, 3.8) is 0 Å². The zero-order chi connectivity index (χ0) is 23.8. The van der Waals surface area contributed by atoms with Gasteiger partial charge in [0.25, 0.3) is 5.91 Å². The summed E-state index contributed by atoms with van der Waals surface area (Å²) in [5.41, 5.74) is 2.65. The van der Waals surface area contributed by atoms with E-state index < -0.39 is 12.6 Å². The monoisotopic (exact) mass is 455 g/mol. The standard InChI is InChI=1S/C27H25N3O4/c31-25-17-16-24(28-30(25)23-14-8-3-9-15-23)27(33)34-20-26(32)29(18-21-10-4-1-5-11-21)19-22-12-6-2-7-13-22/h1-15H,16-20H2. The van der Waals surface area contributed by atoms with Crippen LogP contribution in [0.3, 0.4) is 0 Å². The first-order valence-corrected chi connectivity index (χ1v) is 11.1. The van der Waals surface area contributed by atoms with E-state index in [9.17, 15) is 14.4 Å². The normalized spacial score (nSPS) is 13.2. The van der Waals surface area contributed by atoms with Crippen molar-refractivity contribution in [2.75, 3.05) is 11.6 Å². The van der Waals surface area contributed by atoms with E-state index in [1.807, 2.05) is 66.7 Å². The van der Waals surface area contributed by atoms with E-state index in [1.54, 1.807) is 29.2 Å². The molecule has 0 saturated carbocycles. The molecule has 7 heteroatoms. The van der Waals surface area contributed by atoms with E-state index >= 15 is 0 Å². The number of hydrazone groups is 1. The van der Waals surface area contributed by atoms with Crippen LogP contribution in [0.4, 0.5) is 5.69 Å². The molecule has 172 valence electrons. The topological polar surface area (TPSA) is 79.3 Å². The number of nitrogens with zero attached hydrogens (tertiary/aromatic N) is 3. The summed E-state index contributed by atoms with van der Waals surface area (Å²) in [5, 5.41) is 5.40. The fraction of sp³-hybridized carbons (Fsp3) is 0.185. The maximum Gasteiger partial charge on any atom is 0.355 e. The second-order valence-electron chi connectivity index (χ2n) is 7.88. The van der Waals surface area contributed by atoms with Crippen molar-refractivity contribution < 1.29 is 19.1 Å². The minimum atomic E-state index is -0.693. The highest BCUT2D eigenvalue weighted by atomic mass is 16.5. The Morgan fingerprint density at radius 3 is 1.88 bits per heavy atom. The minimum absolute atomic E-state index is 0.119. The number of rotatable bonds is 8. The van der Waals surface area contributed by atoms with Gasteiger partial charge in [0.2, 0.25) is 5.91 Å². The number of hydrogen-bond donors (Lipinski definition) is 0. The van der Waals surface area contributed by atoms with Crippen molar-refractivity contribution in [3.05, 3.63) is 102 Å². The molecule has 0 radical (unpaired) electrons. The lowest BCUT2D eigenvalue weighted by Gasteiger charge is -2.24. The number of amides is 2. The molecule has 0 bridgehead atoms. The Bertz CT molecular complexity index is 1120. The van der Waals surface area contributed by atoms with Gasteiger partial charge in [0.1, 0.15) is 5.71 Å². The molecule has 1 aliphatic heterocycles. The van der Waals surface area contributed by atoms with Gasteiger partial charge in [-0.2, -0.15) is 5.10 Å². The van der Waals surface area contributed by atoms with E-state index in [0.717, 1.165) is 11.1 Å². The van der Waals surface area contributed by atoms with Crippen molar-refractivity contribution in [2.24, 2.45) is 5.10 Å². The maximum atomic E-state index is 13.0. The third-order valence-corrected chi connectivity index (χ3v) is 5.38. The van der Waals surface area contributed by atoms with E-state index in [4.69, 9.17) is 4.74 Å². The smallest absolute Gasteiger partial charge is 0.355 e. The molecule has 0 aliphatic carbocycles. The predicted molar refractivity (Wildman–Crippen MR) is 129 cm³/mol. The molecule has 3 aromatic rings. The van der Waals surface area contributed by atoms with Gasteiger partial charge in [-0.1, -0.05) is 78.9 Å². The minimum Gasteiger partial charge on any atom is -0.451 e. The molecule has 0 N–H and O–H groups in total. The molecule has 0 atom stereocenters. The van der Waals surface area contributed by atoms with Gasteiger partial charge >= 0.3 is 5.97 Å². The predicted octanol–water partition coefficient (Wildman–Crippen LogP) is 3.94. The van der Waals surface area contributed by atoms with Gasteiger partial charge in [-0.05, 0) is 23.3 Å². The average molecular weight is 456 g/mol. The van der Waals surface area contributed by atoms with Crippen LogP contribution in [0.5, 0.6) is 0 Å². The van der Waals surface area contributed by atoms with E-state index in [-0.39, 0.29) is 30.4 Å². The third kappa shape index (κ3) is 5.95. The summed E-state index contributed by atoms with van der Waals surface area (Å²) in [5.74, 6) is -1.20. The van der Waals surface area contributed by atoms with Gasteiger partial charge in [-0.3, -0.25) is 9.59 Å².